The van der Waals surface area contributed by atoms with Gasteiger partial charge in [-0.3, -0.25) is 0 Å². The Hall–Kier alpha value is -1.84. The molecule has 0 aliphatic carbocycles. The van der Waals surface area contributed by atoms with E-state index >= 15 is 0 Å². The summed E-state index contributed by atoms with van der Waals surface area (Å²) < 4.78 is 0. The Bertz CT molecular complexity index is 717. The van der Waals surface area contributed by atoms with Crippen molar-refractivity contribution in [3.63, 3.8) is 0 Å². The van der Waals surface area contributed by atoms with Crippen molar-refractivity contribution in [2.24, 2.45) is 0 Å². The van der Waals surface area contributed by atoms with E-state index in [9.17, 15) is 0 Å². The van der Waals surface area contributed by atoms with Crippen LogP contribution in [0.25, 0.3) is 11.3 Å². The number of thiazole rings is 1. The molecular formula is C17H15ClN2S. The van der Waals surface area contributed by atoms with Gasteiger partial charge in [0.25, 0.3) is 0 Å². The summed E-state index contributed by atoms with van der Waals surface area (Å²) in [6, 6.07) is 16.2. The van der Waals surface area contributed by atoms with E-state index in [0.29, 0.717) is 0 Å². The largest absolute Gasteiger partial charge is 0.381 e. The van der Waals surface area contributed by atoms with E-state index in [2.05, 4.69) is 39.9 Å². The van der Waals surface area contributed by atoms with Gasteiger partial charge in [-0.25, -0.2) is 4.98 Å². The number of aromatic nitrogens is 1. The zero-order chi connectivity index (χ0) is 14.7. The molecule has 0 bridgehead atoms. The van der Waals surface area contributed by atoms with Crippen LogP contribution in [0.5, 0.6) is 0 Å². The molecule has 0 atom stereocenters. The molecule has 1 aromatic heterocycles. The molecule has 0 spiro atoms. The highest BCUT2D eigenvalue weighted by Gasteiger charge is 2.02. The Morgan fingerprint density at radius 3 is 2.38 bits per heavy atom. The number of aryl methyl sites for hydroxylation is 1. The van der Waals surface area contributed by atoms with E-state index in [4.69, 9.17) is 11.6 Å². The van der Waals surface area contributed by atoms with Crippen LogP contribution in [0.3, 0.4) is 0 Å². The first-order valence-electron chi connectivity index (χ1n) is 6.71. The summed E-state index contributed by atoms with van der Waals surface area (Å²) in [7, 11) is 0. The second kappa shape index (κ2) is 6.29. The molecule has 0 aliphatic rings. The molecule has 0 aliphatic heterocycles. The van der Waals surface area contributed by atoms with Crippen LogP contribution in [0.15, 0.2) is 53.9 Å². The van der Waals surface area contributed by atoms with Crippen LogP contribution in [-0.2, 0) is 6.54 Å². The average molecular weight is 315 g/mol. The van der Waals surface area contributed by atoms with Gasteiger partial charge in [0.15, 0.2) is 0 Å². The Balaban J connectivity index is 1.65. The first-order valence-corrected chi connectivity index (χ1v) is 7.97. The average Bonchev–Trinajstić information content (AvgIpc) is 2.94. The van der Waals surface area contributed by atoms with Gasteiger partial charge in [0, 0.05) is 28.2 Å². The number of anilines is 1. The minimum Gasteiger partial charge on any atom is -0.381 e. The molecule has 1 N–H and O–H groups in total. The van der Waals surface area contributed by atoms with E-state index in [0.717, 1.165) is 33.5 Å². The third-order valence-corrected chi connectivity index (χ3v) is 4.24. The highest BCUT2D eigenvalue weighted by molar-refractivity contribution is 7.09. The standard InChI is InChI=1S/C17H15ClN2S/c1-12-20-17(11-21-12)14-4-8-16(9-5-14)19-10-13-2-6-15(18)7-3-13/h2-9,11,19H,10H2,1H3. The van der Waals surface area contributed by atoms with Gasteiger partial charge in [-0.2, -0.15) is 0 Å². The molecule has 2 nitrogen and oxygen atoms in total. The van der Waals surface area contributed by atoms with Crippen LogP contribution in [0.2, 0.25) is 5.02 Å². The Labute approximate surface area is 133 Å². The van der Waals surface area contributed by atoms with Gasteiger partial charge in [0.1, 0.15) is 0 Å². The van der Waals surface area contributed by atoms with E-state index in [1.807, 2.05) is 31.2 Å². The normalized spacial score (nSPS) is 10.6. The summed E-state index contributed by atoms with van der Waals surface area (Å²) in [6.45, 7) is 2.81. The molecule has 3 rings (SSSR count). The third kappa shape index (κ3) is 3.63. The van der Waals surface area contributed by atoms with Crippen LogP contribution in [0.4, 0.5) is 5.69 Å². The molecule has 106 valence electrons. The molecule has 3 aromatic rings. The fourth-order valence-electron chi connectivity index (χ4n) is 2.06. The number of nitrogens with zero attached hydrogens (tertiary/aromatic N) is 1. The number of rotatable bonds is 4. The maximum Gasteiger partial charge on any atom is 0.0901 e. The Morgan fingerprint density at radius 1 is 1.05 bits per heavy atom. The van der Waals surface area contributed by atoms with Crippen LogP contribution in [-0.4, -0.2) is 4.98 Å². The van der Waals surface area contributed by atoms with Crippen molar-refractivity contribution < 1.29 is 0 Å². The highest BCUT2D eigenvalue weighted by atomic mass is 35.5. The summed E-state index contributed by atoms with van der Waals surface area (Å²) in [5, 5.41) is 7.35. The topological polar surface area (TPSA) is 24.9 Å². The maximum absolute atomic E-state index is 5.88. The number of hydrogen-bond acceptors (Lipinski definition) is 3. The molecule has 0 unspecified atom stereocenters. The lowest BCUT2D eigenvalue weighted by atomic mass is 10.1. The van der Waals surface area contributed by atoms with Crippen LogP contribution in [0.1, 0.15) is 10.6 Å². The molecule has 4 heteroatoms. The molecule has 0 amide bonds. The predicted molar refractivity (Wildman–Crippen MR) is 91.1 cm³/mol. The van der Waals surface area contributed by atoms with Crippen LogP contribution < -0.4 is 5.32 Å². The molecule has 0 radical (unpaired) electrons. The van der Waals surface area contributed by atoms with Gasteiger partial charge in [-0.15, -0.1) is 11.3 Å². The zero-order valence-electron chi connectivity index (χ0n) is 11.6. The fraction of sp³-hybridized carbons (Fsp3) is 0.118. The van der Waals surface area contributed by atoms with E-state index in [1.54, 1.807) is 11.3 Å². The molecule has 0 fully saturated rings. The summed E-state index contributed by atoms with van der Waals surface area (Å²) in [4.78, 5) is 4.50. The van der Waals surface area contributed by atoms with Crippen molar-refractivity contribution in [3.05, 3.63) is 69.5 Å². The minimum absolute atomic E-state index is 0.765. The second-order valence-corrected chi connectivity index (χ2v) is 6.31. The fourth-order valence-corrected chi connectivity index (χ4v) is 2.81. The number of hydrogen-bond donors (Lipinski definition) is 1. The van der Waals surface area contributed by atoms with Crippen molar-refractivity contribution in [2.75, 3.05) is 5.32 Å². The molecule has 21 heavy (non-hydrogen) atoms. The highest BCUT2D eigenvalue weighted by Crippen LogP contribution is 2.23. The predicted octanol–water partition coefficient (Wildman–Crippen LogP) is 5.38. The number of nitrogens with one attached hydrogen (secondary N) is 1. The summed E-state index contributed by atoms with van der Waals surface area (Å²) in [5.74, 6) is 0. The lowest BCUT2D eigenvalue weighted by Gasteiger charge is -2.07. The van der Waals surface area contributed by atoms with Gasteiger partial charge in [0.2, 0.25) is 0 Å². The van der Waals surface area contributed by atoms with Crippen molar-refractivity contribution in [1.29, 1.82) is 0 Å². The van der Waals surface area contributed by atoms with Gasteiger partial charge in [-0.05, 0) is 36.8 Å². The van der Waals surface area contributed by atoms with Crippen LogP contribution in [0, 0.1) is 6.92 Å². The van der Waals surface area contributed by atoms with Crippen molar-refractivity contribution >= 4 is 28.6 Å². The zero-order valence-corrected chi connectivity index (χ0v) is 13.2. The first kappa shape index (κ1) is 14.1. The third-order valence-electron chi connectivity index (χ3n) is 3.21. The van der Waals surface area contributed by atoms with Crippen molar-refractivity contribution in [3.8, 4) is 11.3 Å². The van der Waals surface area contributed by atoms with Gasteiger partial charge < -0.3 is 5.32 Å². The molecule has 2 aromatic carbocycles. The summed E-state index contributed by atoms with van der Waals surface area (Å²) >= 11 is 7.56. The first-order chi connectivity index (χ1) is 10.2. The molecule has 0 saturated heterocycles. The van der Waals surface area contributed by atoms with E-state index in [1.165, 1.54) is 5.56 Å². The molecule has 0 saturated carbocycles. The Morgan fingerprint density at radius 2 is 1.76 bits per heavy atom. The lowest BCUT2D eigenvalue weighted by Crippen LogP contribution is -1.98. The number of benzene rings is 2. The van der Waals surface area contributed by atoms with E-state index < -0.39 is 0 Å². The van der Waals surface area contributed by atoms with Gasteiger partial charge in [0.05, 0.1) is 10.7 Å². The van der Waals surface area contributed by atoms with Crippen molar-refractivity contribution in [2.45, 2.75) is 13.5 Å². The smallest absolute Gasteiger partial charge is 0.0901 e. The molecular weight excluding hydrogens is 300 g/mol. The summed E-state index contributed by atoms with van der Waals surface area (Å²) in [6.07, 6.45) is 0. The Kier molecular flexibility index (Phi) is 4.23. The van der Waals surface area contributed by atoms with Gasteiger partial charge in [-0.1, -0.05) is 35.9 Å². The molecule has 1 heterocycles. The maximum atomic E-state index is 5.88. The quantitative estimate of drug-likeness (QED) is 0.699. The lowest BCUT2D eigenvalue weighted by molar-refractivity contribution is 1.15. The van der Waals surface area contributed by atoms with Crippen LogP contribution >= 0.6 is 22.9 Å². The summed E-state index contributed by atoms with van der Waals surface area (Å²) in [5.41, 5.74) is 4.50. The second-order valence-electron chi connectivity index (χ2n) is 4.81. The number of halogens is 1. The monoisotopic (exact) mass is 314 g/mol. The SMILES string of the molecule is Cc1nc(-c2ccc(NCc3ccc(Cl)cc3)cc2)cs1. The van der Waals surface area contributed by atoms with Gasteiger partial charge >= 0.3 is 0 Å². The minimum atomic E-state index is 0.765. The van der Waals surface area contributed by atoms with E-state index in [-0.39, 0.29) is 0 Å². The van der Waals surface area contributed by atoms with Crippen molar-refractivity contribution in [1.82, 2.24) is 4.98 Å².